The Labute approximate surface area is 189 Å². The smallest absolute Gasteiger partial charge is 0.326 e. The molecule has 2 aliphatic rings. The summed E-state index contributed by atoms with van der Waals surface area (Å²) in [6.45, 7) is 0. The zero-order chi connectivity index (χ0) is 23.2. The SMILES string of the molecule is O=C(Nc1ccc(C(F)(F)F)cc1)[C@H]1CCC12CCC(c1ccnc3ccc(F)cc13)CC2. The Kier molecular flexibility index (Phi) is 5.38. The number of anilines is 1. The zero-order valence-electron chi connectivity index (χ0n) is 18.0. The van der Waals surface area contributed by atoms with Crippen LogP contribution in [0.5, 0.6) is 0 Å². The van der Waals surface area contributed by atoms with Gasteiger partial charge in [0, 0.05) is 23.2 Å². The summed E-state index contributed by atoms with van der Waals surface area (Å²) < 4.78 is 52.1. The molecule has 0 aliphatic heterocycles. The van der Waals surface area contributed by atoms with Crippen LogP contribution in [0, 0.1) is 17.2 Å². The maximum absolute atomic E-state index is 13.8. The van der Waals surface area contributed by atoms with E-state index in [0.29, 0.717) is 11.6 Å². The summed E-state index contributed by atoms with van der Waals surface area (Å²) in [5.74, 6) is -0.228. The monoisotopic (exact) mass is 456 g/mol. The molecule has 1 amide bonds. The van der Waals surface area contributed by atoms with Crippen molar-refractivity contribution in [3.8, 4) is 0 Å². The van der Waals surface area contributed by atoms with E-state index in [1.54, 1.807) is 18.3 Å². The first kappa shape index (κ1) is 21.9. The van der Waals surface area contributed by atoms with Gasteiger partial charge < -0.3 is 5.32 Å². The Morgan fingerprint density at radius 2 is 1.67 bits per heavy atom. The van der Waals surface area contributed by atoms with E-state index in [2.05, 4.69) is 10.3 Å². The summed E-state index contributed by atoms with van der Waals surface area (Å²) in [6, 6.07) is 11.2. The van der Waals surface area contributed by atoms with E-state index < -0.39 is 11.7 Å². The van der Waals surface area contributed by atoms with Gasteiger partial charge in [-0.2, -0.15) is 13.2 Å². The average molecular weight is 456 g/mol. The van der Waals surface area contributed by atoms with Crippen LogP contribution in [0.1, 0.15) is 55.6 Å². The highest BCUT2D eigenvalue weighted by atomic mass is 19.4. The van der Waals surface area contributed by atoms with Crippen LogP contribution in [-0.4, -0.2) is 10.9 Å². The van der Waals surface area contributed by atoms with E-state index in [-0.39, 0.29) is 23.1 Å². The Hall–Kier alpha value is -2.96. The van der Waals surface area contributed by atoms with Crippen molar-refractivity contribution < 1.29 is 22.4 Å². The summed E-state index contributed by atoms with van der Waals surface area (Å²) in [6.07, 6.45) is 2.79. The summed E-state index contributed by atoms with van der Waals surface area (Å²) >= 11 is 0. The highest BCUT2D eigenvalue weighted by molar-refractivity contribution is 5.93. The minimum absolute atomic E-state index is 0.0550. The predicted molar refractivity (Wildman–Crippen MR) is 118 cm³/mol. The number of fused-ring (bicyclic) bond motifs is 1. The van der Waals surface area contributed by atoms with E-state index in [9.17, 15) is 22.4 Å². The number of nitrogens with one attached hydrogen (secondary N) is 1. The van der Waals surface area contributed by atoms with Crippen molar-refractivity contribution >= 4 is 22.5 Å². The van der Waals surface area contributed by atoms with Crippen LogP contribution in [-0.2, 0) is 11.0 Å². The van der Waals surface area contributed by atoms with E-state index >= 15 is 0 Å². The Morgan fingerprint density at radius 1 is 0.970 bits per heavy atom. The number of hydrogen-bond donors (Lipinski definition) is 1. The van der Waals surface area contributed by atoms with Crippen molar-refractivity contribution in [2.45, 2.75) is 50.6 Å². The third kappa shape index (κ3) is 4.09. The van der Waals surface area contributed by atoms with Crippen molar-refractivity contribution in [1.29, 1.82) is 0 Å². The molecule has 0 radical (unpaired) electrons. The van der Waals surface area contributed by atoms with Crippen LogP contribution in [0.3, 0.4) is 0 Å². The second kappa shape index (κ2) is 8.12. The van der Waals surface area contributed by atoms with Crippen molar-refractivity contribution in [1.82, 2.24) is 4.98 Å². The maximum Gasteiger partial charge on any atom is 0.416 e. The number of halogens is 4. The van der Waals surface area contributed by atoms with Crippen LogP contribution in [0.2, 0.25) is 0 Å². The number of pyridine rings is 1. The highest BCUT2D eigenvalue weighted by Gasteiger charge is 2.51. The van der Waals surface area contributed by atoms with Crippen LogP contribution in [0.15, 0.2) is 54.7 Å². The molecule has 33 heavy (non-hydrogen) atoms. The Bertz CT molecular complexity index is 1180. The molecule has 1 spiro atoms. The minimum atomic E-state index is -4.40. The molecule has 5 rings (SSSR count). The van der Waals surface area contributed by atoms with Crippen LogP contribution in [0.4, 0.5) is 23.2 Å². The van der Waals surface area contributed by atoms with Gasteiger partial charge in [0.2, 0.25) is 5.91 Å². The molecule has 2 saturated carbocycles. The van der Waals surface area contributed by atoms with Gasteiger partial charge in [-0.15, -0.1) is 0 Å². The van der Waals surface area contributed by atoms with Gasteiger partial charge >= 0.3 is 6.18 Å². The van der Waals surface area contributed by atoms with Gasteiger partial charge in [0.1, 0.15) is 5.82 Å². The molecule has 2 fully saturated rings. The summed E-state index contributed by atoms with van der Waals surface area (Å²) in [5.41, 5.74) is 1.49. The second-order valence-corrected chi connectivity index (χ2v) is 9.35. The van der Waals surface area contributed by atoms with Crippen molar-refractivity contribution in [2.24, 2.45) is 11.3 Å². The number of hydrogen-bond acceptors (Lipinski definition) is 2. The first-order chi connectivity index (χ1) is 15.7. The molecule has 3 aromatic rings. The number of amides is 1. The predicted octanol–water partition coefficient (Wildman–Crippen LogP) is 7.09. The highest BCUT2D eigenvalue weighted by Crippen LogP contribution is 2.58. The lowest BCUT2D eigenvalue weighted by molar-refractivity contribution is -0.137. The summed E-state index contributed by atoms with van der Waals surface area (Å²) in [4.78, 5) is 17.3. The quantitative estimate of drug-likeness (QED) is 0.428. The molecule has 1 atom stereocenters. The number of aromatic nitrogens is 1. The average Bonchev–Trinajstić information content (AvgIpc) is 2.78. The number of alkyl halides is 3. The number of carbonyl (C=O) groups is 1. The molecule has 172 valence electrons. The third-order valence-electron chi connectivity index (χ3n) is 7.62. The number of carbonyl (C=O) groups excluding carboxylic acids is 1. The van der Waals surface area contributed by atoms with E-state index in [0.717, 1.165) is 67.1 Å². The van der Waals surface area contributed by atoms with Gasteiger partial charge in [-0.1, -0.05) is 0 Å². The van der Waals surface area contributed by atoms with Gasteiger partial charge in [0.05, 0.1) is 11.1 Å². The number of rotatable bonds is 3. The van der Waals surface area contributed by atoms with Crippen molar-refractivity contribution in [2.75, 3.05) is 5.32 Å². The molecule has 1 N–H and O–H groups in total. The Morgan fingerprint density at radius 3 is 2.30 bits per heavy atom. The van der Waals surface area contributed by atoms with Crippen molar-refractivity contribution in [3.05, 3.63) is 71.7 Å². The second-order valence-electron chi connectivity index (χ2n) is 9.35. The van der Waals surface area contributed by atoms with Gasteiger partial charge in [0.25, 0.3) is 0 Å². The first-order valence-electron chi connectivity index (χ1n) is 11.3. The van der Waals surface area contributed by atoms with E-state index in [1.807, 2.05) is 6.07 Å². The van der Waals surface area contributed by atoms with Crippen LogP contribution < -0.4 is 5.32 Å². The summed E-state index contributed by atoms with van der Waals surface area (Å²) in [7, 11) is 0. The normalized spacial score (nSPS) is 25.1. The lowest BCUT2D eigenvalue weighted by Crippen LogP contribution is -2.48. The number of nitrogens with zero attached hydrogens (tertiary/aromatic N) is 1. The van der Waals surface area contributed by atoms with Crippen molar-refractivity contribution in [3.63, 3.8) is 0 Å². The lowest BCUT2D eigenvalue weighted by Gasteiger charge is -2.52. The molecular weight excluding hydrogens is 432 g/mol. The van der Waals surface area contributed by atoms with Gasteiger partial charge in [-0.3, -0.25) is 9.78 Å². The fourth-order valence-electron chi connectivity index (χ4n) is 5.68. The fourth-order valence-corrected chi connectivity index (χ4v) is 5.68. The molecule has 1 aromatic heterocycles. The van der Waals surface area contributed by atoms with Gasteiger partial charge in [0.15, 0.2) is 0 Å². The first-order valence-corrected chi connectivity index (χ1v) is 11.3. The molecular formula is C26H24F4N2O. The topological polar surface area (TPSA) is 42.0 Å². The summed E-state index contributed by atoms with van der Waals surface area (Å²) in [5, 5.41) is 3.66. The lowest BCUT2D eigenvalue weighted by atomic mass is 9.52. The molecule has 0 bridgehead atoms. The Balaban J connectivity index is 1.26. The van der Waals surface area contributed by atoms with E-state index in [1.165, 1.54) is 18.2 Å². The van der Waals surface area contributed by atoms with E-state index in [4.69, 9.17) is 0 Å². The van der Waals surface area contributed by atoms with Gasteiger partial charge in [-0.25, -0.2) is 4.39 Å². The zero-order valence-corrected chi connectivity index (χ0v) is 18.0. The molecule has 0 unspecified atom stereocenters. The molecule has 2 aromatic carbocycles. The largest absolute Gasteiger partial charge is 0.416 e. The van der Waals surface area contributed by atoms with Crippen LogP contribution in [0.25, 0.3) is 10.9 Å². The third-order valence-corrected chi connectivity index (χ3v) is 7.62. The van der Waals surface area contributed by atoms with Gasteiger partial charge in [-0.05, 0) is 104 Å². The standard InChI is InChI=1S/C26H24F4N2O/c27-18-3-6-23-21(15-18)20(10-14-31-23)16-7-11-25(12-8-16)13-9-22(25)24(33)32-19-4-1-17(2-5-19)26(28,29)30/h1-6,10,14-16,22H,7-9,11-13H2,(H,32,33)/t16?,22-,25?/m1/s1. The van der Waals surface area contributed by atoms with Crippen LogP contribution >= 0.6 is 0 Å². The molecule has 1 heterocycles. The fraction of sp³-hybridized carbons (Fsp3) is 0.385. The number of benzene rings is 2. The maximum atomic E-state index is 13.8. The molecule has 3 nitrogen and oxygen atoms in total. The molecule has 7 heteroatoms. The molecule has 2 aliphatic carbocycles. The molecule has 0 saturated heterocycles. The minimum Gasteiger partial charge on any atom is -0.326 e.